The predicted octanol–water partition coefficient (Wildman–Crippen LogP) is 2.56. The number of amides is 2. The standard InChI is InChI=1S/C20H26N2O5S/c1-4-11-21-19(23)20(24)22-13-18(17-6-5-12-27-17)28(25,26)16-9-7-15(8-10-16)14(2)3/h5-10,12,14,18H,4,11,13H2,1-3H3,(H,21,23)(H,22,24)/t18-/m0/s1. The summed E-state index contributed by atoms with van der Waals surface area (Å²) in [6, 6.07) is 9.76. The minimum atomic E-state index is -3.84. The van der Waals surface area contributed by atoms with Gasteiger partial charge < -0.3 is 15.1 Å². The van der Waals surface area contributed by atoms with Crippen LogP contribution in [0.5, 0.6) is 0 Å². The number of furan rings is 1. The highest BCUT2D eigenvalue weighted by molar-refractivity contribution is 7.91. The molecule has 8 heteroatoms. The molecule has 28 heavy (non-hydrogen) atoms. The molecule has 0 unspecified atom stereocenters. The van der Waals surface area contributed by atoms with E-state index in [2.05, 4.69) is 10.6 Å². The summed E-state index contributed by atoms with van der Waals surface area (Å²) in [7, 11) is -3.84. The van der Waals surface area contributed by atoms with Crippen molar-refractivity contribution in [3.8, 4) is 0 Å². The van der Waals surface area contributed by atoms with Gasteiger partial charge in [-0.1, -0.05) is 32.9 Å². The Labute approximate surface area is 165 Å². The van der Waals surface area contributed by atoms with Gasteiger partial charge in [-0.2, -0.15) is 0 Å². The van der Waals surface area contributed by atoms with Crippen LogP contribution in [0.3, 0.4) is 0 Å². The molecule has 2 aromatic rings. The third-order valence-electron chi connectivity index (χ3n) is 4.30. The maximum Gasteiger partial charge on any atom is 0.309 e. The van der Waals surface area contributed by atoms with Crippen molar-refractivity contribution in [2.45, 2.75) is 43.3 Å². The monoisotopic (exact) mass is 406 g/mol. The van der Waals surface area contributed by atoms with Crippen LogP contribution in [0.4, 0.5) is 0 Å². The summed E-state index contributed by atoms with van der Waals surface area (Å²) in [5, 5.41) is 3.71. The van der Waals surface area contributed by atoms with Crippen molar-refractivity contribution in [1.29, 1.82) is 0 Å². The van der Waals surface area contributed by atoms with Crippen LogP contribution < -0.4 is 10.6 Å². The van der Waals surface area contributed by atoms with Crippen molar-refractivity contribution in [3.63, 3.8) is 0 Å². The molecule has 0 saturated heterocycles. The van der Waals surface area contributed by atoms with E-state index in [4.69, 9.17) is 4.42 Å². The van der Waals surface area contributed by atoms with E-state index in [1.54, 1.807) is 30.3 Å². The Hall–Kier alpha value is -2.61. The van der Waals surface area contributed by atoms with E-state index in [-0.39, 0.29) is 23.1 Å². The third-order valence-corrected chi connectivity index (χ3v) is 6.38. The normalized spacial score (nSPS) is 12.6. The number of carbonyl (C=O) groups excluding carboxylic acids is 2. The molecule has 1 heterocycles. The first-order valence-electron chi connectivity index (χ1n) is 9.20. The molecule has 2 amide bonds. The summed E-state index contributed by atoms with van der Waals surface area (Å²) in [4.78, 5) is 23.8. The summed E-state index contributed by atoms with van der Waals surface area (Å²) in [6.07, 6.45) is 2.06. The first kappa shape index (κ1) is 21.7. The molecule has 7 nitrogen and oxygen atoms in total. The van der Waals surface area contributed by atoms with E-state index in [9.17, 15) is 18.0 Å². The first-order chi connectivity index (χ1) is 13.3. The lowest BCUT2D eigenvalue weighted by atomic mass is 10.0. The van der Waals surface area contributed by atoms with Crippen molar-refractivity contribution in [1.82, 2.24) is 10.6 Å². The van der Waals surface area contributed by atoms with Gasteiger partial charge in [0.05, 0.1) is 11.2 Å². The van der Waals surface area contributed by atoms with Crippen LogP contribution in [0.15, 0.2) is 52.0 Å². The molecule has 0 radical (unpaired) electrons. The van der Waals surface area contributed by atoms with Crippen molar-refractivity contribution >= 4 is 21.7 Å². The summed E-state index contributed by atoms with van der Waals surface area (Å²) >= 11 is 0. The Bertz CT molecular complexity index is 887. The Morgan fingerprint density at radius 2 is 1.68 bits per heavy atom. The average molecular weight is 407 g/mol. The highest BCUT2D eigenvalue weighted by atomic mass is 32.2. The van der Waals surface area contributed by atoms with Crippen molar-refractivity contribution in [2.75, 3.05) is 13.1 Å². The Morgan fingerprint density at radius 3 is 2.21 bits per heavy atom. The fraction of sp³-hybridized carbons (Fsp3) is 0.400. The second kappa shape index (κ2) is 9.54. The van der Waals surface area contributed by atoms with E-state index in [0.29, 0.717) is 13.0 Å². The molecule has 0 aliphatic carbocycles. The van der Waals surface area contributed by atoms with Crippen molar-refractivity contribution < 1.29 is 22.4 Å². The molecule has 1 aromatic carbocycles. The zero-order chi connectivity index (χ0) is 20.7. The van der Waals surface area contributed by atoms with E-state index >= 15 is 0 Å². The number of hydrogen-bond acceptors (Lipinski definition) is 5. The lowest BCUT2D eigenvalue weighted by Crippen LogP contribution is -2.42. The van der Waals surface area contributed by atoms with Gasteiger partial charge in [0.25, 0.3) is 0 Å². The van der Waals surface area contributed by atoms with Crippen LogP contribution in [-0.4, -0.2) is 33.3 Å². The second-order valence-electron chi connectivity index (χ2n) is 6.74. The molecule has 0 spiro atoms. The lowest BCUT2D eigenvalue weighted by molar-refractivity contribution is -0.139. The fourth-order valence-corrected chi connectivity index (χ4v) is 4.22. The number of carbonyl (C=O) groups is 2. The Morgan fingerprint density at radius 1 is 1.04 bits per heavy atom. The van der Waals surface area contributed by atoms with Gasteiger partial charge in [-0.3, -0.25) is 9.59 Å². The molecule has 152 valence electrons. The number of nitrogens with one attached hydrogen (secondary N) is 2. The summed E-state index contributed by atoms with van der Waals surface area (Å²) < 4.78 is 31.6. The summed E-state index contributed by atoms with van der Waals surface area (Å²) in [6.45, 7) is 6.00. The average Bonchev–Trinajstić information content (AvgIpc) is 3.20. The van der Waals surface area contributed by atoms with Gasteiger partial charge in [0, 0.05) is 13.1 Å². The van der Waals surface area contributed by atoms with Crippen LogP contribution in [0.25, 0.3) is 0 Å². The number of benzene rings is 1. The molecule has 1 atom stereocenters. The van der Waals surface area contributed by atoms with E-state index in [1.165, 1.54) is 12.3 Å². The minimum absolute atomic E-state index is 0.128. The van der Waals surface area contributed by atoms with Crippen LogP contribution in [0.2, 0.25) is 0 Å². The smallest absolute Gasteiger partial charge is 0.309 e. The zero-order valence-electron chi connectivity index (χ0n) is 16.3. The third kappa shape index (κ3) is 5.22. The summed E-state index contributed by atoms with van der Waals surface area (Å²) in [5.41, 5.74) is 1.02. The van der Waals surface area contributed by atoms with Crippen LogP contribution in [0, 0.1) is 0 Å². The predicted molar refractivity (Wildman–Crippen MR) is 105 cm³/mol. The first-order valence-corrected chi connectivity index (χ1v) is 10.7. The molecule has 0 bridgehead atoms. The lowest BCUT2D eigenvalue weighted by Gasteiger charge is -2.17. The van der Waals surface area contributed by atoms with Gasteiger partial charge in [0.2, 0.25) is 0 Å². The molecule has 2 N–H and O–H groups in total. The highest BCUT2D eigenvalue weighted by Gasteiger charge is 2.32. The number of sulfone groups is 1. The second-order valence-corrected chi connectivity index (χ2v) is 8.87. The Balaban J connectivity index is 2.23. The Kier molecular flexibility index (Phi) is 7.39. The topological polar surface area (TPSA) is 105 Å². The molecular weight excluding hydrogens is 380 g/mol. The SMILES string of the molecule is CCCNC(=O)C(=O)NC[C@@H](c1ccco1)S(=O)(=O)c1ccc(C(C)C)cc1. The molecule has 0 fully saturated rings. The molecule has 1 aromatic heterocycles. The van der Waals surface area contributed by atoms with Gasteiger partial charge >= 0.3 is 11.8 Å². The van der Waals surface area contributed by atoms with E-state index < -0.39 is 26.9 Å². The highest BCUT2D eigenvalue weighted by Crippen LogP contribution is 2.29. The van der Waals surface area contributed by atoms with E-state index in [0.717, 1.165) is 5.56 Å². The van der Waals surface area contributed by atoms with Crippen molar-refractivity contribution in [3.05, 3.63) is 54.0 Å². The van der Waals surface area contributed by atoms with E-state index in [1.807, 2.05) is 20.8 Å². The maximum absolute atomic E-state index is 13.2. The molecule has 0 saturated carbocycles. The molecule has 2 rings (SSSR count). The largest absolute Gasteiger partial charge is 0.468 e. The quantitative estimate of drug-likeness (QED) is 0.656. The minimum Gasteiger partial charge on any atom is -0.468 e. The molecular formula is C20H26N2O5S. The summed E-state index contributed by atoms with van der Waals surface area (Å²) in [5.74, 6) is -1.20. The number of rotatable bonds is 8. The van der Waals surface area contributed by atoms with Crippen LogP contribution in [-0.2, 0) is 19.4 Å². The van der Waals surface area contributed by atoms with Gasteiger partial charge in [-0.05, 0) is 42.2 Å². The van der Waals surface area contributed by atoms with Crippen LogP contribution in [0.1, 0.15) is 49.7 Å². The van der Waals surface area contributed by atoms with Gasteiger partial charge in [-0.15, -0.1) is 0 Å². The van der Waals surface area contributed by atoms with Gasteiger partial charge in [-0.25, -0.2) is 8.42 Å². The van der Waals surface area contributed by atoms with Crippen molar-refractivity contribution in [2.24, 2.45) is 0 Å². The molecule has 0 aliphatic heterocycles. The maximum atomic E-state index is 13.2. The number of hydrogen-bond donors (Lipinski definition) is 2. The fourth-order valence-electron chi connectivity index (χ4n) is 2.63. The molecule has 0 aliphatic rings. The van der Waals surface area contributed by atoms with Gasteiger partial charge in [0.1, 0.15) is 11.0 Å². The van der Waals surface area contributed by atoms with Crippen LogP contribution >= 0.6 is 0 Å². The van der Waals surface area contributed by atoms with Gasteiger partial charge in [0.15, 0.2) is 9.84 Å². The zero-order valence-corrected chi connectivity index (χ0v) is 17.1.